The van der Waals surface area contributed by atoms with Crippen molar-refractivity contribution in [3.8, 4) is 0 Å². The van der Waals surface area contributed by atoms with E-state index >= 15 is 0 Å². The van der Waals surface area contributed by atoms with Crippen LogP contribution < -0.4 is 0 Å². The average molecular weight is 316 g/mol. The Morgan fingerprint density at radius 1 is 0.952 bits per heavy atom. The van der Waals surface area contributed by atoms with Crippen LogP contribution in [0.25, 0.3) is 10.9 Å². The Labute approximate surface area is 135 Å². The third-order valence-corrected chi connectivity index (χ3v) is 3.17. The smallest absolute Gasteiger partial charge is 0.272 e. The van der Waals surface area contributed by atoms with Crippen molar-refractivity contribution in [2.75, 3.05) is 0 Å². The molecule has 0 amide bonds. The minimum absolute atomic E-state index is 0. The van der Waals surface area contributed by atoms with Crippen LogP contribution in [0.2, 0.25) is 0 Å². The molecule has 0 radical (unpaired) electrons. The molecule has 1 aromatic heterocycles. The molecule has 0 atom stereocenters. The normalized spacial score (nSPS) is 9.71. The number of aromatic nitrogens is 2. The largest absolute Gasteiger partial charge is 2.00 e. The monoisotopic (exact) mass is 316 g/mol. The molecule has 21 heavy (non-hydrogen) atoms. The fourth-order valence-electron chi connectivity index (χ4n) is 2.16. The van der Waals surface area contributed by atoms with Gasteiger partial charge in [0.25, 0.3) is 0 Å². The second kappa shape index (κ2) is 7.63. The van der Waals surface area contributed by atoms with Crippen LogP contribution in [0, 0.1) is 0 Å². The van der Waals surface area contributed by atoms with E-state index in [1.165, 1.54) is 16.5 Å². The molecule has 0 spiro atoms. The zero-order chi connectivity index (χ0) is 13.6. The molecule has 3 heteroatoms. The predicted molar refractivity (Wildman–Crippen MR) is 82.9 cm³/mol. The number of nitrogens with zero attached hydrogens (tertiary/aromatic N) is 2. The first kappa shape index (κ1) is 15.3. The molecule has 0 aliphatic carbocycles. The van der Waals surface area contributed by atoms with Gasteiger partial charge in [0.05, 0.1) is 11.7 Å². The summed E-state index contributed by atoms with van der Waals surface area (Å²) in [6.45, 7) is 0.848. The molecule has 4 aromatic rings. The number of hydrogen-bond acceptors (Lipinski definition) is 1. The van der Waals surface area contributed by atoms with Crippen molar-refractivity contribution in [2.24, 2.45) is 0 Å². The van der Waals surface area contributed by atoms with E-state index in [1.54, 1.807) is 0 Å². The van der Waals surface area contributed by atoms with Crippen molar-refractivity contribution in [3.63, 3.8) is 0 Å². The van der Waals surface area contributed by atoms with E-state index < -0.39 is 0 Å². The molecule has 0 aliphatic heterocycles. The zero-order valence-electron chi connectivity index (χ0n) is 11.5. The van der Waals surface area contributed by atoms with Gasteiger partial charge in [0, 0.05) is 11.9 Å². The SMILES string of the molecule is [Fe+2].c1cc[cH-]c1.c1ccc2c(c1)cnn2C[c-]1cccc1. The van der Waals surface area contributed by atoms with Crippen LogP contribution in [0.1, 0.15) is 5.56 Å². The van der Waals surface area contributed by atoms with Crippen LogP contribution in [0.3, 0.4) is 0 Å². The molecule has 0 aliphatic rings. The minimum Gasteiger partial charge on any atom is -0.272 e. The Morgan fingerprint density at radius 3 is 2.33 bits per heavy atom. The maximum absolute atomic E-state index is 4.39. The van der Waals surface area contributed by atoms with Gasteiger partial charge in [-0.25, -0.2) is 24.3 Å². The van der Waals surface area contributed by atoms with E-state index in [9.17, 15) is 0 Å². The first-order valence-electron chi connectivity index (χ1n) is 6.71. The molecular weight excluding hydrogens is 300 g/mol. The van der Waals surface area contributed by atoms with Gasteiger partial charge in [-0.15, -0.1) is 5.56 Å². The van der Waals surface area contributed by atoms with Gasteiger partial charge in [0.2, 0.25) is 0 Å². The van der Waals surface area contributed by atoms with Crippen LogP contribution in [0.4, 0.5) is 0 Å². The van der Waals surface area contributed by atoms with Gasteiger partial charge >= 0.3 is 17.1 Å². The van der Waals surface area contributed by atoms with Crippen molar-refractivity contribution in [1.29, 1.82) is 0 Å². The number of para-hydroxylation sites is 1. The average Bonchev–Trinajstić information content (AvgIpc) is 3.24. The maximum atomic E-state index is 4.39. The summed E-state index contributed by atoms with van der Waals surface area (Å²) in [7, 11) is 0. The fraction of sp³-hybridized carbons (Fsp3) is 0.0556. The van der Waals surface area contributed by atoms with Crippen LogP contribution in [-0.2, 0) is 23.6 Å². The summed E-state index contributed by atoms with van der Waals surface area (Å²) in [6, 6.07) is 26.6. The fourth-order valence-corrected chi connectivity index (χ4v) is 2.16. The van der Waals surface area contributed by atoms with E-state index in [4.69, 9.17) is 0 Å². The van der Waals surface area contributed by atoms with Gasteiger partial charge in [-0.3, -0.25) is 4.68 Å². The van der Waals surface area contributed by atoms with Crippen molar-refractivity contribution < 1.29 is 17.1 Å². The van der Waals surface area contributed by atoms with Crippen molar-refractivity contribution >= 4 is 10.9 Å². The topological polar surface area (TPSA) is 17.8 Å². The molecule has 106 valence electrons. The second-order valence-corrected chi connectivity index (χ2v) is 4.62. The first-order chi connectivity index (χ1) is 9.93. The Bertz CT molecular complexity index is 719. The second-order valence-electron chi connectivity index (χ2n) is 4.62. The summed E-state index contributed by atoms with van der Waals surface area (Å²) in [5.74, 6) is 0. The molecule has 2 nitrogen and oxygen atoms in total. The molecule has 0 unspecified atom stereocenters. The Morgan fingerprint density at radius 2 is 1.67 bits per heavy atom. The van der Waals surface area contributed by atoms with Gasteiger partial charge in [-0.1, -0.05) is 18.2 Å². The summed E-state index contributed by atoms with van der Waals surface area (Å²) in [6.07, 6.45) is 1.91. The minimum atomic E-state index is 0. The number of fused-ring (bicyclic) bond motifs is 1. The third-order valence-electron chi connectivity index (χ3n) is 3.17. The van der Waals surface area contributed by atoms with E-state index in [2.05, 4.69) is 41.5 Å². The Kier molecular flexibility index (Phi) is 5.56. The molecule has 0 saturated carbocycles. The van der Waals surface area contributed by atoms with Gasteiger partial charge in [0.1, 0.15) is 0 Å². The predicted octanol–water partition coefficient (Wildman–Crippen LogP) is 4.21. The van der Waals surface area contributed by atoms with E-state index in [-0.39, 0.29) is 17.1 Å². The van der Waals surface area contributed by atoms with Crippen LogP contribution in [0.5, 0.6) is 0 Å². The van der Waals surface area contributed by atoms with Gasteiger partial charge in [0.15, 0.2) is 0 Å². The van der Waals surface area contributed by atoms with E-state index in [0.29, 0.717) is 0 Å². The molecule has 0 N–H and O–H groups in total. The maximum Gasteiger partial charge on any atom is 2.00 e. The summed E-state index contributed by atoms with van der Waals surface area (Å²) in [4.78, 5) is 0. The molecule has 1 heterocycles. The number of benzene rings is 1. The summed E-state index contributed by atoms with van der Waals surface area (Å²) in [5, 5.41) is 5.59. The zero-order valence-corrected chi connectivity index (χ0v) is 12.6. The number of rotatable bonds is 2. The summed E-state index contributed by atoms with van der Waals surface area (Å²) < 4.78 is 2.03. The summed E-state index contributed by atoms with van der Waals surface area (Å²) >= 11 is 0. The van der Waals surface area contributed by atoms with Crippen molar-refractivity contribution in [3.05, 3.63) is 90.6 Å². The first-order valence-corrected chi connectivity index (χ1v) is 6.71. The summed E-state index contributed by atoms with van der Waals surface area (Å²) in [5.41, 5.74) is 2.49. The molecular formula is C18H16FeN2. The quantitative estimate of drug-likeness (QED) is 0.400. The van der Waals surface area contributed by atoms with E-state index in [1.807, 2.05) is 53.3 Å². The van der Waals surface area contributed by atoms with Gasteiger partial charge < -0.3 is 0 Å². The molecule has 0 bridgehead atoms. The van der Waals surface area contributed by atoms with E-state index in [0.717, 1.165) is 6.54 Å². The van der Waals surface area contributed by atoms with Crippen LogP contribution in [0.15, 0.2) is 85.1 Å². The molecule has 0 fully saturated rings. The Balaban J connectivity index is 0.000000231. The van der Waals surface area contributed by atoms with Gasteiger partial charge in [-0.2, -0.15) is 35.4 Å². The van der Waals surface area contributed by atoms with Crippen LogP contribution in [-0.4, -0.2) is 9.78 Å². The molecule has 3 aromatic carbocycles. The van der Waals surface area contributed by atoms with Crippen molar-refractivity contribution in [2.45, 2.75) is 6.54 Å². The molecule has 4 rings (SSSR count). The van der Waals surface area contributed by atoms with Gasteiger partial charge in [-0.05, 0) is 6.07 Å². The molecule has 0 saturated heterocycles. The van der Waals surface area contributed by atoms with Crippen LogP contribution >= 0.6 is 0 Å². The Hall–Kier alpha value is -2.09. The standard InChI is InChI=1S/C13H11N2.C5H5.Fe/c1-2-6-11(5-1)10-15-13-8-4-3-7-12(13)9-14-15;1-2-4-5-3-1;/h1-9H,10H2;1-5H;/q2*-1;+2. The number of hydrogen-bond donors (Lipinski definition) is 0. The van der Waals surface area contributed by atoms with Crippen molar-refractivity contribution in [1.82, 2.24) is 9.78 Å². The third kappa shape index (κ3) is 3.94.